The molecule has 0 saturated carbocycles. The van der Waals surface area contributed by atoms with E-state index in [9.17, 15) is 0 Å². The van der Waals surface area contributed by atoms with Gasteiger partial charge in [0.15, 0.2) is 17.5 Å². The summed E-state index contributed by atoms with van der Waals surface area (Å²) in [4.78, 5) is 16.2. The summed E-state index contributed by atoms with van der Waals surface area (Å²) in [5.41, 5.74) is 6.06. The van der Waals surface area contributed by atoms with Gasteiger partial charge in [-0.3, -0.25) is 0 Å². The third-order valence-electron chi connectivity index (χ3n) is 12.6. The molecular formula is C57H34N4. The summed E-state index contributed by atoms with van der Waals surface area (Å²) in [5, 5.41) is 16.9. The summed E-state index contributed by atoms with van der Waals surface area (Å²) in [5.74, 6) is 1.86. The summed E-state index contributed by atoms with van der Waals surface area (Å²) >= 11 is 0. The number of hydrogen-bond acceptors (Lipinski definition) is 3. The van der Waals surface area contributed by atoms with Crippen molar-refractivity contribution >= 4 is 86.4 Å². The van der Waals surface area contributed by atoms with Crippen molar-refractivity contribution in [1.82, 2.24) is 19.5 Å². The van der Waals surface area contributed by atoms with Crippen LogP contribution in [0.1, 0.15) is 0 Å². The molecule has 0 saturated heterocycles. The molecule has 0 fully saturated rings. The quantitative estimate of drug-likeness (QED) is 0.167. The van der Waals surface area contributed by atoms with Gasteiger partial charge in [-0.05, 0) is 95.0 Å². The van der Waals surface area contributed by atoms with Gasteiger partial charge in [-0.15, -0.1) is 0 Å². The minimum absolute atomic E-state index is 0.614. The fourth-order valence-electron chi connectivity index (χ4n) is 9.87. The molecule has 61 heavy (non-hydrogen) atoms. The minimum atomic E-state index is 0.614. The molecule has 0 unspecified atom stereocenters. The van der Waals surface area contributed by atoms with Gasteiger partial charge in [0.1, 0.15) is 0 Å². The average Bonchev–Trinajstić information content (AvgIpc) is 3.68. The molecular weight excluding hydrogens is 741 g/mol. The van der Waals surface area contributed by atoms with E-state index < -0.39 is 0 Å². The highest BCUT2D eigenvalue weighted by atomic mass is 15.1. The van der Waals surface area contributed by atoms with E-state index in [-0.39, 0.29) is 0 Å². The molecule has 0 radical (unpaired) electrons. The predicted octanol–water partition coefficient (Wildman–Crippen LogP) is 14.9. The largest absolute Gasteiger partial charge is 0.308 e. The Balaban J connectivity index is 1.16. The van der Waals surface area contributed by atoms with Gasteiger partial charge in [-0.2, -0.15) is 0 Å². The van der Waals surface area contributed by atoms with Crippen molar-refractivity contribution in [2.24, 2.45) is 0 Å². The summed E-state index contributed by atoms with van der Waals surface area (Å²) in [6, 6.07) is 74.0. The number of aromatic nitrogens is 4. The predicted molar refractivity (Wildman–Crippen MR) is 256 cm³/mol. The molecule has 0 N–H and O–H groups in total. The van der Waals surface area contributed by atoms with Crippen molar-refractivity contribution in [3.63, 3.8) is 0 Å². The molecule has 0 atom stereocenters. The Hall–Kier alpha value is -8.21. The van der Waals surface area contributed by atoms with Crippen LogP contribution in [0.3, 0.4) is 0 Å². The highest BCUT2D eigenvalue weighted by Gasteiger charge is 2.22. The molecule has 2 heterocycles. The molecule has 2 aromatic heterocycles. The number of rotatable bonds is 4. The number of fused-ring (bicyclic) bond motifs is 15. The van der Waals surface area contributed by atoms with E-state index in [0.29, 0.717) is 17.5 Å². The number of benzene rings is 11. The topological polar surface area (TPSA) is 43.6 Å². The summed E-state index contributed by atoms with van der Waals surface area (Å²) in [6.45, 7) is 0. The Kier molecular flexibility index (Phi) is 7.27. The van der Waals surface area contributed by atoms with Crippen LogP contribution in [0.2, 0.25) is 0 Å². The standard InChI is InChI=1S/C57H34N4/c1-2-16-35(17-3-1)55-58-56(36-30-31-45-41-22-5-4-18-37(41)38-19-6-9-23-42(38)48(45)32-36)60-57(59-55)51-33-49-43-24-10-7-20-39(43)40-21-8-11-25-44(40)50(49)34-54(51)61-52-28-14-12-26-46(52)47-27-13-15-29-53(47)61/h1-34H. The van der Waals surface area contributed by atoms with Gasteiger partial charge in [-0.25, -0.2) is 15.0 Å². The van der Waals surface area contributed by atoms with Crippen molar-refractivity contribution in [1.29, 1.82) is 0 Å². The first-order chi connectivity index (χ1) is 30.3. The maximum absolute atomic E-state index is 5.49. The smallest absolute Gasteiger partial charge is 0.166 e. The maximum Gasteiger partial charge on any atom is 0.166 e. The summed E-state index contributed by atoms with van der Waals surface area (Å²) in [6.07, 6.45) is 0. The SMILES string of the molecule is c1ccc(-c2nc(-c3ccc4c5ccccc5c5ccccc5c4c3)nc(-c3cc4c5ccccc5c5ccccc5c4cc3-n3c4ccccc4c4ccccc43)n2)cc1. The molecule has 11 aromatic carbocycles. The first-order valence-electron chi connectivity index (χ1n) is 20.8. The van der Waals surface area contributed by atoms with Crippen LogP contribution in [0, 0.1) is 0 Å². The highest BCUT2D eigenvalue weighted by Crippen LogP contribution is 2.43. The van der Waals surface area contributed by atoms with Gasteiger partial charge in [0.05, 0.1) is 16.7 Å². The third kappa shape index (κ3) is 5.09. The lowest BCUT2D eigenvalue weighted by molar-refractivity contribution is 1.07. The molecule has 0 amide bonds. The maximum atomic E-state index is 5.49. The van der Waals surface area contributed by atoms with Crippen molar-refractivity contribution in [2.45, 2.75) is 0 Å². The highest BCUT2D eigenvalue weighted by molar-refractivity contribution is 6.27. The lowest BCUT2D eigenvalue weighted by Gasteiger charge is -2.18. The van der Waals surface area contributed by atoms with Crippen LogP contribution in [-0.2, 0) is 0 Å². The molecule has 0 aliphatic heterocycles. The van der Waals surface area contributed by atoms with E-state index in [2.05, 4.69) is 193 Å². The monoisotopic (exact) mass is 774 g/mol. The molecule has 4 nitrogen and oxygen atoms in total. The molecule has 0 aliphatic carbocycles. The Morgan fingerprint density at radius 1 is 0.246 bits per heavy atom. The number of para-hydroxylation sites is 2. The van der Waals surface area contributed by atoms with E-state index in [1.165, 1.54) is 70.0 Å². The van der Waals surface area contributed by atoms with Crippen LogP contribution in [0.25, 0.3) is 126 Å². The first kappa shape index (κ1) is 33.7. The van der Waals surface area contributed by atoms with Gasteiger partial charge in [0.2, 0.25) is 0 Å². The van der Waals surface area contributed by atoms with E-state index in [1.807, 2.05) is 18.2 Å². The second kappa shape index (κ2) is 13.2. The van der Waals surface area contributed by atoms with Crippen LogP contribution < -0.4 is 0 Å². The number of hydrogen-bond donors (Lipinski definition) is 0. The van der Waals surface area contributed by atoms with Crippen LogP contribution >= 0.6 is 0 Å². The third-order valence-corrected chi connectivity index (χ3v) is 12.6. The fourth-order valence-corrected chi connectivity index (χ4v) is 9.87. The fraction of sp³-hybridized carbons (Fsp3) is 0. The Morgan fingerprint density at radius 3 is 1.11 bits per heavy atom. The second-order valence-corrected chi connectivity index (χ2v) is 15.9. The van der Waals surface area contributed by atoms with Gasteiger partial charge < -0.3 is 4.57 Å². The van der Waals surface area contributed by atoms with Gasteiger partial charge in [0, 0.05) is 27.5 Å². The Bertz CT molecular complexity index is 3850. The van der Waals surface area contributed by atoms with Crippen LogP contribution in [-0.4, -0.2) is 19.5 Å². The minimum Gasteiger partial charge on any atom is -0.308 e. The van der Waals surface area contributed by atoms with Crippen molar-refractivity contribution in [2.75, 3.05) is 0 Å². The Labute approximate surface area is 350 Å². The van der Waals surface area contributed by atoms with Crippen LogP contribution in [0.4, 0.5) is 0 Å². The zero-order valence-electron chi connectivity index (χ0n) is 32.9. The molecule has 4 heteroatoms. The van der Waals surface area contributed by atoms with E-state index in [1.54, 1.807) is 0 Å². The zero-order chi connectivity index (χ0) is 40.0. The van der Waals surface area contributed by atoms with Gasteiger partial charge >= 0.3 is 0 Å². The van der Waals surface area contributed by atoms with Crippen LogP contribution in [0.5, 0.6) is 0 Å². The second-order valence-electron chi connectivity index (χ2n) is 15.9. The lowest BCUT2D eigenvalue weighted by Crippen LogP contribution is -2.04. The van der Waals surface area contributed by atoms with E-state index >= 15 is 0 Å². The van der Waals surface area contributed by atoms with Gasteiger partial charge in [-0.1, -0.05) is 176 Å². The van der Waals surface area contributed by atoms with E-state index in [4.69, 9.17) is 15.0 Å². The van der Waals surface area contributed by atoms with Crippen LogP contribution in [0.15, 0.2) is 206 Å². The molecule has 13 aromatic rings. The molecule has 0 aliphatic rings. The zero-order valence-corrected chi connectivity index (χ0v) is 32.9. The summed E-state index contributed by atoms with van der Waals surface area (Å²) < 4.78 is 2.41. The van der Waals surface area contributed by atoms with E-state index in [0.717, 1.165) is 38.8 Å². The lowest BCUT2D eigenvalue weighted by atomic mass is 9.92. The molecule has 0 spiro atoms. The van der Waals surface area contributed by atoms with Crippen molar-refractivity contribution in [3.8, 4) is 39.9 Å². The van der Waals surface area contributed by atoms with Gasteiger partial charge in [0.25, 0.3) is 0 Å². The normalized spacial score (nSPS) is 11.9. The number of nitrogens with zero attached hydrogens (tertiary/aromatic N) is 4. The van der Waals surface area contributed by atoms with Crippen molar-refractivity contribution < 1.29 is 0 Å². The Morgan fingerprint density at radius 2 is 0.607 bits per heavy atom. The molecule has 282 valence electrons. The molecule has 13 rings (SSSR count). The molecule has 0 bridgehead atoms. The average molecular weight is 775 g/mol. The summed E-state index contributed by atoms with van der Waals surface area (Å²) in [7, 11) is 0. The van der Waals surface area contributed by atoms with Crippen molar-refractivity contribution in [3.05, 3.63) is 206 Å². The first-order valence-corrected chi connectivity index (χ1v) is 20.8.